The summed E-state index contributed by atoms with van der Waals surface area (Å²) in [6.07, 6.45) is 52.6. The highest BCUT2D eigenvalue weighted by Gasteiger charge is 2.62. The Morgan fingerprint density at radius 1 is 0.511 bits per heavy atom. The van der Waals surface area contributed by atoms with E-state index in [1.807, 2.05) is 0 Å². The van der Waals surface area contributed by atoms with Crippen LogP contribution in [0.15, 0.2) is 48.6 Å². The molecule has 5 atom stereocenters. The Hall–Kier alpha value is -1.16. The van der Waals surface area contributed by atoms with E-state index in [1.54, 1.807) is 0 Å². The van der Waals surface area contributed by atoms with E-state index in [-0.39, 0.29) is 5.79 Å². The summed E-state index contributed by atoms with van der Waals surface area (Å²) in [6.45, 7) is 4.52. The Kier molecular flexibility index (Phi) is 21.3. The molecular formula is C44H77NO2. The van der Waals surface area contributed by atoms with E-state index in [0.717, 1.165) is 25.7 Å². The fourth-order valence-electron chi connectivity index (χ4n) is 8.40. The van der Waals surface area contributed by atoms with E-state index in [9.17, 15) is 0 Å². The number of hydrogen-bond donors (Lipinski definition) is 0. The van der Waals surface area contributed by atoms with Gasteiger partial charge in [0.2, 0.25) is 0 Å². The normalized spacial score (nSPS) is 25.3. The molecule has 0 N–H and O–H groups in total. The molecule has 0 radical (unpaired) electrons. The maximum absolute atomic E-state index is 7.05. The average Bonchev–Trinajstić information content (AvgIpc) is 3.76. The van der Waals surface area contributed by atoms with Crippen molar-refractivity contribution >= 4 is 0 Å². The van der Waals surface area contributed by atoms with Crippen LogP contribution in [-0.2, 0) is 9.47 Å². The van der Waals surface area contributed by atoms with E-state index in [2.05, 4.69) is 81.5 Å². The zero-order valence-corrected chi connectivity index (χ0v) is 31.7. The molecule has 2 aliphatic carbocycles. The molecule has 1 aliphatic heterocycles. The summed E-state index contributed by atoms with van der Waals surface area (Å²) in [6, 6.07) is 0.676. The standard InChI is InChI=1S/C44H77NO2/c1-5-7-9-11-13-15-17-19-21-23-25-27-29-31-33-35-44(46-42-39-37-40(43(42)47-44)41(38-39)45(3)4)36-34-32-30-28-26-24-22-20-18-16-14-12-10-8-6-2/h11-14,17-20,39-43H,5-10,15-16,21-38H2,1-4H3/b13-11-,14-12-,19-17-,20-18-/t39?,40?,41-,42+,43-/m1/s1. The third-order valence-electron chi connectivity index (χ3n) is 11.2. The molecule has 3 aliphatic rings. The lowest BCUT2D eigenvalue weighted by molar-refractivity contribution is -0.196. The van der Waals surface area contributed by atoms with Crippen LogP contribution in [0.4, 0.5) is 0 Å². The molecule has 2 bridgehead atoms. The van der Waals surface area contributed by atoms with Crippen LogP contribution >= 0.6 is 0 Å². The van der Waals surface area contributed by atoms with Crippen LogP contribution in [0.5, 0.6) is 0 Å². The van der Waals surface area contributed by atoms with Crippen molar-refractivity contribution in [3.05, 3.63) is 48.6 Å². The molecule has 270 valence electrons. The lowest BCUT2D eigenvalue weighted by Crippen LogP contribution is -2.43. The summed E-state index contributed by atoms with van der Waals surface area (Å²) < 4.78 is 14.1. The number of allylic oxidation sites excluding steroid dienone is 8. The van der Waals surface area contributed by atoms with Crippen molar-refractivity contribution in [3.8, 4) is 0 Å². The van der Waals surface area contributed by atoms with Crippen molar-refractivity contribution in [1.82, 2.24) is 4.90 Å². The quantitative estimate of drug-likeness (QED) is 0.0593. The van der Waals surface area contributed by atoms with Gasteiger partial charge in [0, 0.05) is 24.8 Å². The van der Waals surface area contributed by atoms with Crippen LogP contribution in [0.25, 0.3) is 0 Å². The van der Waals surface area contributed by atoms with Gasteiger partial charge in [-0.15, -0.1) is 0 Å². The van der Waals surface area contributed by atoms with Gasteiger partial charge in [-0.05, 0) is 97.1 Å². The first-order valence-electron chi connectivity index (χ1n) is 20.7. The predicted octanol–water partition coefficient (Wildman–Crippen LogP) is 13.1. The monoisotopic (exact) mass is 652 g/mol. The average molecular weight is 652 g/mol. The van der Waals surface area contributed by atoms with Crippen LogP contribution in [0.2, 0.25) is 0 Å². The first-order valence-corrected chi connectivity index (χ1v) is 20.7. The SMILES string of the molecule is CCCC/C=C\C/C=C\CCCCCCCCC1(CCCCCCCC/C=C\C/C=C\CCCC)O[C@@H]2C3CC(C[C@H]3N(C)C)[C@@H]2O1. The van der Waals surface area contributed by atoms with Crippen molar-refractivity contribution < 1.29 is 9.47 Å². The van der Waals surface area contributed by atoms with Crippen molar-refractivity contribution in [3.63, 3.8) is 0 Å². The maximum Gasteiger partial charge on any atom is 0.169 e. The highest BCUT2D eigenvalue weighted by atomic mass is 16.8. The molecule has 0 aromatic carbocycles. The zero-order chi connectivity index (χ0) is 33.4. The minimum atomic E-state index is -0.307. The second-order valence-electron chi connectivity index (χ2n) is 15.5. The van der Waals surface area contributed by atoms with Crippen LogP contribution in [-0.4, -0.2) is 43.0 Å². The lowest BCUT2D eigenvalue weighted by Gasteiger charge is -2.33. The number of fused-ring (bicyclic) bond motifs is 5. The highest BCUT2D eigenvalue weighted by Crippen LogP contribution is 2.55. The van der Waals surface area contributed by atoms with Gasteiger partial charge in [-0.2, -0.15) is 0 Å². The third kappa shape index (κ3) is 15.5. The Balaban J connectivity index is 1.29. The molecule has 3 heteroatoms. The second-order valence-corrected chi connectivity index (χ2v) is 15.5. The van der Waals surface area contributed by atoms with Gasteiger partial charge in [-0.1, -0.05) is 140 Å². The van der Waals surface area contributed by atoms with Crippen LogP contribution < -0.4 is 0 Å². The lowest BCUT2D eigenvalue weighted by atomic mass is 9.90. The molecule has 0 aromatic rings. The first kappa shape index (κ1) is 40.3. The Morgan fingerprint density at radius 2 is 0.936 bits per heavy atom. The summed E-state index contributed by atoms with van der Waals surface area (Å²) in [5.41, 5.74) is 0. The molecule has 3 fully saturated rings. The zero-order valence-electron chi connectivity index (χ0n) is 31.7. The van der Waals surface area contributed by atoms with Crippen molar-refractivity contribution in [2.24, 2.45) is 11.8 Å². The second kappa shape index (κ2) is 24.9. The topological polar surface area (TPSA) is 21.7 Å². The largest absolute Gasteiger partial charge is 0.344 e. The summed E-state index contributed by atoms with van der Waals surface area (Å²) >= 11 is 0. The molecule has 0 amide bonds. The molecule has 2 saturated carbocycles. The highest BCUT2D eigenvalue weighted by molar-refractivity contribution is 5.09. The molecule has 0 spiro atoms. The Labute approximate surface area is 293 Å². The van der Waals surface area contributed by atoms with Crippen LogP contribution in [0, 0.1) is 11.8 Å². The smallest absolute Gasteiger partial charge is 0.169 e. The van der Waals surface area contributed by atoms with Crippen molar-refractivity contribution in [1.29, 1.82) is 0 Å². The summed E-state index contributed by atoms with van der Waals surface area (Å²) in [5.74, 6) is 1.06. The van der Waals surface area contributed by atoms with E-state index in [4.69, 9.17) is 9.47 Å². The van der Waals surface area contributed by atoms with E-state index in [1.165, 1.54) is 141 Å². The molecule has 1 heterocycles. The van der Waals surface area contributed by atoms with E-state index >= 15 is 0 Å². The van der Waals surface area contributed by atoms with E-state index in [0.29, 0.717) is 30.1 Å². The number of rotatable bonds is 29. The van der Waals surface area contributed by atoms with Gasteiger partial charge in [0.15, 0.2) is 5.79 Å². The summed E-state index contributed by atoms with van der Waals surface area (Å²) in [7, 11) is 4.52. The van der Waals surface area contributed by atoms with Crippen molar-refractivity contribution in [2.45, 2.75) is 205 Å². The maximum atomic E-state index is 7.05. The minimum absolute atomic E-state index is 0.307. The van der Waals surface area contributed by atoms with Gasteiger partial charge in [-0.25, -0.2) is 0 Å². The number of hydrogen-bond acceptors (Lipinski definition) is 3. The van der Waals surface area contributed by atoms with Gasteiger partial charge in [0.1, 0.15) is 0 Å². The van der Waals surface area contributed by atoms with Crippen LogP contribution in [0.3, 0.4) is 0 Å². The third-order valence-corrected chi connectivity index (χ3v) is 11.2. The van der Waals surface area contributed by atoms with Gasteiger partial charge >= 0.3 is 0 Å². The van der Waals surface area contributed by atoms with Gasteiger partial charge < -0.3 is 14.4 Å². The fourth-order valence-corrected chi connectivity index (χ4v) is 8.40. The first-order chi connectivity index (χ1) is 23.1. The number of nitrogens with zero attached hydrogens (tertiary/aromatic N) is 1. The summed E-state index contributed by atoms with van der Waals surface area (Å²) in [5, 5.41) is 0. The molecular weight excluding hydrogens is 574 g/mol. The molecule has 47 heavy (non-hydrogen) atoms. The van der Waals surface area contributed by atoms with Gasteiger partial charge in [-0.3, -0.25) is 0 Å². The van der Waals surface area contributed by atoms with E-state index < -0.39 is 0 Å². The molecule has 3 nitrogen and oxygen atoms in total. The number of unbranched alkanes of at least 4 members (excludes halogenated alkanes) is 16. The molecule has 2 unspecified atom stereocenters. The Bertz CT molecular complexity index is 841. The predicted molar refractivity (Wildman–Crippen MR) is 205 cm³/mol. The van der Waals surface area contributed by atoms with Crippen LogP contribution in [0.1, 0.15) is 181 Å². The van der Waals surface area contributed by atoms with Gasteiger partial charge in [0.25, 0.3) is 0 Å². The minimum Gasteiger partial charge on any atom is -0.344 e. The molecule has 1 saturated heterocycles. The number of ether oxygens (including phenoxy) is 2. The fraction of sp³-hybridized carbons (Fsp3) is 0.818. The molecule has 3 rings (SSSR count). The Morgan fingerprint density at radius 3 is 1.40 bits per heavy atom. The van der Waals surface area contributed by atoms with Crippen molar-refractivity contribution in [2.75, 3.05) is 14.1 Å². The summed E-state index contributed by atoms with van der Waals surface area (Å²) in [4.78, 5) is 2.45. The molecule has 0 aromatic heterocycles. The van der Waals surface area contributed by atoms with Gasteiger partial charge in [0.05, 0.1) is 12.2 Å².